The van der Waals surface area contributed by atoms with E-state index >= 15 is 0 Å². The fourth-order valence-electron chi connectivity index (χ4n) is 3.04. The third kappa shape index (κ3) is 4.31. The van der Waals surface area contributed by atoms with E-state index in [0.29, 0.717) is 27.4 Å². The van der Waals surface area contributed by atoms with Gasteiger partial charge in [-0.05, 0) is 48.0 Å². The summed E-state index contributed by atoms with van der Waals surface area (Å²) in [6.45, 7) is -0.210. The molecule has 6 nitrogen and oxygen atoms in total. The Hall–Kier alpha value is -3.59. The monoisotopic (exact) mass is 447 g/mol. The van der Waals surface area contributed by atoms with E-state index < -0.39 is 16.7 Å². The summed E-state index contributed by atoms with van der Waals surface area (Å²) in [6, 6.07) is 15.5. The minimum absolute atomic E-state index is 0.168. The van der Waals surface area contributed by atoms with Gasteiger partial charge in [-0.2, -0.15) is 17.9 Å². The lowest BCUT2D eigenvalue weighted by Crippen LogP contribution is -2.13. The van der Waals surface area contributed by atoms with Crippen LogP contribution in [0.25, 0.3) is 22.4 Å². The molecule has 0 aliphatic heterocycles. The molecule has 0 aliphatic rings. The maximum Gasteiger partial charge on any atom is 0.416 e. The summed E-state index contributed by atoms with van der Waals surface area (Å²) in [7, 11) is 0. The van der Waals surface area contributed by atoms with Gasteiger partial charge in [0, 0.05) is 22.7 Å². The Morgan fingerprint density at radius 3 is 2.48 bits per heavy atom. The molecule has 158 valence electrons. The van der Waals surface area contributed by atoms with E-state index in [2.05, 4.69) is 4.98 Å². The number of hydrogen-bond donors (Lipinski definition) is 0. The maximum atomic E-state index is 13.0. The van der Waals surface area contributed by atoms with E-state index in [1.165, 1.54) is 35.1 Å². The first kappa shape index (κ1) is 20.7. The molecule has 0 spiro atoms. The lowest BCUT2D eigenvalue weighted by molar-refractivity contribution is -0.384. The molecule has 0 bridgehead atoms. The van der Waals surface area contributed by atoms with Crippen LogP contribution in [0.2, 0.25) is 5.02 Å². The van der Waals surface area contributed by atoms with Gasteiger partial charge in [-0.25, -0.2) is 4.98 Å². The minimum Gasteiger partial charge on any atom is -0.407 e. The Kier molecular flexibility index (Phi) is 5.28. The number of fused-ring (bicyclic) bond motifs is 1. The first-order valence-corrected chi connectivity index (χ1v) is 9.32. The molecule has 4 rings (SSSR count). The average Bonchev–Trinajstić information content (AvgIpc) is 3.10. The number of nitrogens with zero attached hydrogens (tertiary/aromatic N) is 3. The highest BCUT2D eigenvalue weighted by molar-refractivity contribution is 6.30. The van der Waals surface area contributed by atoms with Crippen molar-refractivity contribution in [2.45, 2.75) is 12.8 Å². The summed E-state index contributed by atoms with van der Waals surface area (Å²) in [5.74, 6) is 0.333. The highest BCUT2D eigenvalue weighted by Gasteiger charge is 2.30. The summed E-state index contributed by atoms with van der Waals surface area (Å²) in [4.78, 5) is 20.9. The van der Waals surface area contributed by atoms with Crippen LogP contribution in [0, 0.1) is 10.1 Å². The number of benzene rings is 3. The SMILES string of the molecule is O=[N+]([O-])c1ccc2nc(-c3ccc(Cl)cc3)n(OCc3cccc(C(F)(F)F)c3)c2c1. The van der Waals surface area contributed by atoms with Crippen molar-refractivity contribution >= 4 is 28.3 Å². The van der Waals surface area contributed by atoms with Gasteiger partial charge in [0.05, 0.1) is 16.0 Å². The molecule has 3 aromatic carbocycles. The first-order valence-electron chi connectivity index (χ1n) is 8.94. The van der Waals surface area contributed by atoms with Crippen LogP contribution in [0.3, 0.4) is 0 Å². The zero-order valence-electron chi connectivity index (χ0n) is 15.6. The summed E-state index contributed by atoms with van der Waals surface area (Å²) < 4.78 is 40.3. The molecule has 0 aliphatic carbocycles. The zero-order chi connectivity index (χ0) is 22.2. The molecule has 0 amide bonds. The number of nitro benzene ring substituents is 1. The van der Waals surface area contributed by atoms with Crippen molar-refractivity contribution in [2.75, 3.05) is 0 Å². The van der Waals surface area contributed by atoms with Crippen LogP contribution in [0.1, 0.15) is 11.1 Å². The van der Waals surface area contributed by atoms with Crippen molar-refractivity contribution in [3.63, 3.8) is 0 Å². The third-order valence-electron chi connectivity index (χ3n) is 4.52. The molecule has 4 aromatic rings. The smallest absolute Gasteiger partial charge is 0.407 e. The Morgan fingerprint density at radius 2 is 1.81 bits per heavy atom. The fourth-order valence-corrected chi connectivity index (χ4v) is 3.17. The number of hydrogen-bond acceptors (Lipinski definition) is 4. The minimum atomic E-state index is -4.48. The van der Waals surface area contributed by atoms with Gasteiger partial charge in [-0.3, -0.25) is 10.1 Å². The molecule has 0 radical (unpaired) electrons. The highest BCUT2D eigenvalue weighted by Crippen LogP contribution is 2.30. The van der Waals surface area contributed by atoms with Gasteiger partial charge in [-0.15, -0.1) is 0 Å². The van der Waals surface area contributed by atoms with Crippen LogP contribution in [0.15, 0.2) is 66.7 Å². The third-order valence-corrected chi connectivity index (χ3v) is 4.78. The van der Waals surface area contributed by atoms with Crippen LogP contribution in [0.4, 0.5) is 18.9 Å². The number of imidazole rings is 1. The van der Waals surface area contributed by atoms with Crippen LogP contribution in [0.5, 0.6) is 0 Å². The van der Waals surface area contributed by atoms with Crippen molar-refractivity contribution in [3.05, 3.63) is 93.0 Å². The van der Waals surface area contributed by atoms with Crippen LogP contribution >= 0.6 is 11.6 Å². The van der Waals surface area contributed by atoms with E-state index in [1.807, 2.05) is 0 Å². The molecule has 0 saturated heterocycles. The largest absolute Gasteiger partial charge is 0.416 e. The van der Waals surface area contributed by atoms with Gasteiger partial charge in [0.25, 0.3) is 5.69 Å². The van der Waals surface area contributed by atoms with E-state index in [1.54, 1.807) is 24.3 Å². The lowest BCUT2D eigenvalue weighted by Gasteiger charge is -2.13. The summed E-state index contributed by atoms with van der Waals surface area (Å²) >= 11 is 5.94. The van der Waals surface area contributed by atoms with Gasteiger partial charge < -0.3 is 4.84 Å². The van der Waals surface area contributed by atoms with E-state index in [0.717, 1.165) is 12.1 Å². The molecule has 31 heavy (non-hydrogen) atoms. The second-order valence-electron chi connectivity index (χ2n) is 6.64. The second-order valence-corrected chi connectivity index (χ2v) is 7.07. The van der Waals surface area contributed by atoms with Gasteiger partial charge in [-0.1, -0.05) is 23.7 Å². The Bertz CT molecular complexity index is 1270. The molecule has 1 aromatic heterocycles. The van der Waals surface area contributed by atoms with E-state index in [-0.39, 0.29) is 17.9 Å². The van der Waals surface area contributed by atoms with Crippen molar-refractivity contribution in [2.24, 2.45) is 0 Å². The molecule has 10 heteroatoms. The second kappa shape index (κ2) is 7.92. The lowest BCUT2D eigenvalue weighted by atomic mass is 10.1. The van der Waals surface area contributed by atoms with E-state index in [4.69, 9.17) is 16.4 Å². The summed E-state index contributed by atoms with van der Waals surface area (Å²) in [5, 5.41) is 11.7. The number of alkyl halides is 3. The van der Waals surface area contributed by atoms with Gasteiger partial charge in [0.1, 0.15) is 12.1 Å². The predicted molar refractivity (Wildman–Crippen MR) is 109 cm³/mol. The van der Waals surface area contributed by atoms with Crippen LogP contribution < -0.4 is 4.84 Å². The molecule has 0 atom stereocenters. The molecule has 1 heterocycles. The molecular weight excluding hydrogens is 435 g/mol. The molecule has 0 unspecified atom stereocenters. The maximum absolute atomic E-state index is 13.0. The average molecular weight is 448 g/mol. The number of aromatic nitrogens is 2. The van der Waals surface area contributed by atoms with Gasteiger partial charge in [0.2, 0.25) is 0 Å². The van der Waals surface area contributed by atoms with Crippen molar-refractivity contribution in [1.29, 1.82) is 0 Å². The molecule has 0 N–H and O–H groups in total. The summed E-state index contributed by atoms with van der Waals surface area (Å²) in [6.07, 6.45) is -4.48. The van der Waals surface area contributed by atoms with E-state index in [9.17, 15) is 23.3 Å². The topological polar surface area (TPSA) is 70.2 Å². The molecular formula is C21H13ClF3N3O3. The van der Waals surface area contributed by atoms with Crippen LogP contribution in [-0.4, -0.2) is 14.6 Å². The Balaban J connectivity index is 1.77. The fraction of sp³-hybridized carbons (Fsp3) is 0.0952. The highest BCUT2D eigenvalue weighted by atomic mass is 35.5. The number of halogens is 4. The Labute approximate surface area is 178 Å². The number of rotatable bonds is 5. The predicted octanol–water partition coefficient (Wildman–Crippen LogP) is 5.91. The zero-order valence-corrected chi connectivity index (χ0v) is 16.4. The number of nitro groups is 1. The van der Waals surface area contributed by atoms with Crippen LogP contribution in [-0.2, 0) is 12.8 Å². The Morgan fingerprint density at radius 1 is 1.06 bits per heavy atom. The molecule has 0 fully saturated rings. The summed E-state index contributed by atoms with van der Waals surface area (Å²) in [5.41, 5.74) is 0.679. The standard InChI is InChI=1S/C21H13ClF3N3O3/c22-16-6-4-14(5-7-16)20-26-18-9-8-17(28(29)30)11-19(18)27(20)31-12-13-2-1-3-15(10-13)21(23,24)25/h1-11H,12H2. The van der Waals surface area contributed by atoms with Gasteiger partial charge >= 0.3 is 6.18 Å². The quantitative estimate of drug-likeness (QED) is 0.281. The van der Waals surface area contributed by atoms with Gasteiger partial charge in [0.15, 0.2) is 5.82 Å². The van der Waals surface area contributed by atoms with Crippen molar-refractivity contribution in [1.82, 2.24) is 9.71 Å². The van der Waals surface area contributed by atoms with Crippen molar-refractivity contribution in [3.8, 4) is 11.4 Å². The molecule has 0 saturated carbocycles. The number of non-ortho nitro benzene ring substituents is 1. The van der Waals surface area contributed by atoms with Crippen molar-refractivity contribution < 1.29 is 22.9 Å². The normalized spacial score (nSPS) is 11.6. The first-order chi connectivity index (χ1) is 14.7.